The number of benzene rings is 1. The van der Waals surface area contributed by atoms with Crippen molar-refractivity contribution in [3.63, 3.8) is 0 Å². The van der Waals surface area contributed by atoms with E-state index in [2.05, 4.69) is 4.74 Å². The molecule has 0 spiro atoms. The predicted molar refractivity (Wildman–Crippen MR) is 62.9 cm³/mol. The first-order valence-corrected chi connectivity index (χ1v) is 5.65. The molecule has 0 fully saturated rings. The van der Waals surface area contributed by atoms with Crippen LogP contribution in [0.2, 0.25) is 0 Å². The molecule has 5 nitrogen and oxygen atoms in total. The molecule has 0 radical (unpaired) electrons. The first kappa shape index (κ1) is 12.4. The van der Waals surface area contributed by atoms with Crippen LogP contribution in [0.25, 0.3) is 0 Å². The van der Waals surface area contributed by atoms with Gasteiger partial charge in [-0.3, -0.25) is 4.79 Å². The third-order valence-corrected chi connectivity index (χ3v) is 2.97. The summed E-state index contributed by atoms with van der Waals surface area (Å²) >= 11 is 0. The van der Waals surface area contributed by atoms with Gasteiger partial charge in [0.1, 0.15) is 17.1 Å². The molecule has 0 bridgehead atoms. The fraction of sp³-hybridized carbons (Fsp3) is 0.385. The minimum absolute atomic E-state index is 0.126. The van der Waals surface area contributed by atoms with E-state index in [-0.39, 0.29) is 17.1 Å². The van der Waals surface area contributed by atoms with Crippen molar-refractivity contribution < 1.29 is 24.2 Å². The van der Waals surface area contributed by atoms with Gasteiger partial charge in [0, 0.05) is 0 Å². The Morgan fingerprint density at radius 2 is 2.17 bits per heavy atom. The molecule has 1 aromatic rings. The molecule has 0 saturated carbocycles. The summed E-state index contributed by atoms with van der Waals surface area (Å²) in [4.78, 5) is 23.0. The fourth-order valence-electron chi connectivity index (χ4n) is 2.07. The number of carbonyl (C=O) groups excluding carboxylic acids is 2. The summed E-state index contributed by atoms with van der Waals surface area (Å²) < 4.78 is 10.1. The molecule has 5 heteroatoms. The number of rotatable bonds is 2. The van der Waals surface area contributed by atoms with Crippen LogP contribution in [-0.2, 0) is 16.0 Å². The van der Waals surface area contributed by atoms with Crippen LogP contribution in [0.1, 0.15) is 29.3 Å². The van der Waals surface area contributed by atoms with Gasteiger partial charge in [-0.15, -0.1) is 0 Å². The zero-order valence-corrected chi connectivity index (χ0v) is 10.2. The maximum Gasteiger partial charge on any atom is 0.347 e. The summed E-state index contributed by atoms with van der Waals surface area (Å²) in [6.45, 7) is 1.35. The van der Waals surface area contributed by atoms with E-state index in [9.17, 15) is 14.7 Å². The number of esters is 1. The number of methoxy groups -OCH3 is 1. The Morgan fingerprint density at radius 3 is 2.78 bits per heavy atom. The highest BCUT2D eigenvalue weighted by Crippen LogP contribution is 2.36. The Kier molecular flexibility index (Phi) is 3.23. The van der Waals surface area contributed by atoms with Crippen molar-refractivity contribution >= 4 is 11.8 Å². The molecule has 1 atom stereocenters. The van der Waals surface area contributed by atoms with Gasteiger partial charge >= 0.3 is 5.97 Å². The summed E-state index contributed by atoms with van der Waals surface area (Å²) in [6.07, 6.45) is 0.389. The van der Waals surface area contributed by atoms with Crippen LogP contribution in [0.5, 0.6) is 11.5 Å². The summed E-state index contributed by atoms with van der Waals surface area (Å²) in [5.41, 5.74) is 0.944. The second-order valence-electron chi connectivity index (χ2n) is 4.17. The molecular weight excluding hydrogens is 236 g/mol. The number of Topliss-reactive ketones (excluding diaryl/α,β-unsaturated/α-hetero) is 1. The SMILES string of the molecule is COC(=O)C1CCc2ccc(O)c(C(C)=O)c2O1. The number of phenols is 1. The van der Waals surface area contributed by atoms with Crippen LogP contribution in [0.4, 0.5) is 0 Å². The van der Waals surface area contributed by atoms with E-state index in [0.29, 0.717) is 18.6 Å². The molecule has 0 amide bonds. The second kappa shape index (κ2) is 4.68. The molecule has 1 heterocycles. The van der Waals surface area contributed by atoms with Gasteiger partial charge < -0.3 is 14.6 Å². The molecule has 1 aliphatic heterocycles. The Labute approximate surface area is 104 Å². The van der Waals surface area contributed by atoms with Crippen molar-refractivity contribution in [3.05, 3.63) is 23.3 Å². The number of ketones is 1. The largest absolute Gasteiger partial charge is 0.507 e. The first-order valence-electron chi connectivity index (χ1n) is 5.65. The van der Waals surface area contributed by atoms with Gasteiger partial charge in [-0.05, 0) is 31.4 Å². The monoisotopic (exact) mass is 250 g/mol. The number of aryl methyl sites for hydroxylation is 1. The Bertz CT molecular complexity index is 506. The highest BCUT2D eigenvalue weighted by molar-refractivity contribution is 6.00. The average Bonchev–Trinajstić information content (AvgIpc) is 2.36. The van der Waals surface area contributed by atoms with Gasteiger partial charge in [0.05, 0.1) is 7.11 Å². The number of fused-ring (bicyclic) bond motifs is 1. The zero-order valence-electron chi connectivity index (χ0n) is 10.2. The molecule has 1 N–H and O–H groups in total. The Hall–Kier alpha value is -2.04. The molecule has 2 rings (SSSR count). The van der Waals surface area contributed by atoms with Crippen molar-refractivity contribution in [2.45, 2.75) is 25.9 Å². The number of phenolic OH excluding ortho intramolecular Hbond substituents is 1. The van der Waals surface area contributed by atoms with Gasteiger partial charge in [-0.2, -0.15) is 0 Å². The van der Waals surface area contributed by atoms with Crippen molar-refractivity contribution in [1.82, 2.24) is 0 Å². The molecule has 1 aliphatic rings. The quantitative estimate of drug-likeness (QED) is 0.635. The molecule has 1 unspecified atom stereocenters. The van der Waals surface area contributed by atoms with Gasteiger partial charge in [-0.25, -0.2) is 4.79 Å². The van der Waals surface area contributed by atoms with Crippen molar-refractivity contribution in [1.29, 1.82) is 0 Å². The van der Waals surface area contributed by atoms with Gasteiger partial charge in [0.25, 0.3) is 0 Å². The summed E-state index contributed by atoms with van der Waals surface area (Å²) in [7, 11) is 1.29. The lowest BCUT2D eigenvalue weighted by Crippen LogP contribution is -2.32. The molecule has 1 aromatic carbocycles. The molecule has 0 aromatic heterocycles. The number of hydrogen-bond acceptors (Lipinski definition) is 5. The van der Waals surface area contributed by atoms with E-state index in [1.165, 1.54) is 20.1 Å². The van der Waals surface area contributed by atoms with E-state index in [1.54, 1.807) is 6.07 Å². The van der Waals surface area contributed by atoms with Crippen molar-refractivity contribution in [2.24, 2.45) is 0 Å². The number of ether oxygens (including phenoxy) is 2. The summed E-state index contributed by atoms with van der Waals surface area (Å²) in [5.74, 6) is -0.607. The molecular formula is C13H14O5. The molecule has 0 aliphatic carbocycles. The zero-order chi connectivity index (χ0) is 13.3. The molecule has 0 saturated heterocycles. The third-order valence-electron chi connectivity index (χ3n) is 2.97. The highest BCUT2D eigenvalue weighted by atomic mass is 16.6. The lowest BCUT2D eigenvalue weighted by molar-refractivity contribution is -0.149. The summed E-state index contributed by atoms with van der Waals surface area (Å²) in [6, 6.07) is 3.17. The molecule has 18 heavy (non-hydrogen) atoms. The lowest BCUT2D eigenvalue weighted by atomic mass is 9.97. The van der Waals surface area contributed by atoms with Crippen LogP contribution in [-0.4, -0.2) is 30.1 Å². The standard InChI is InChI=1S/C13H14O5/c1-7(14)11-9(15)5-3-8-4-6-10(13(16)17-2)18-12(8)11/h3,5,10,15H,4,6H2,1-2H3. The lowest BCUT2D eigenvalue weighted by Gasteiger charge is -2.26. The van der Waals surface area contributed by atoms with Crippen LogP contribution in [0.3, 0.4) is 0 Å². The Morgan fingerprint density at radius 1 is 1.44 bits per heavy atom. The Balaban J connectivity index is 2.43. The van der Waals surface area contributed by atoms with E-state index in [1.807, 2.05) is 0 Å². The maximum atomic E-state index is 11.5. The van der Waals surface area contributed by atoms with Crippen molar-refractivity contribution in [3.8, 4) is 11.5 Å². The summed E-state index contributed by atoms with van der Waals surface area (Å²) in [5, 5.41) is 9.70. The van der Waals surface area contributed by atoms with Crippen LogP contribution < -0.4 is 4.74 Å². The smallest absolute Gasteiger partial charge is 0.347 e. The minimum Gasteiger partial charge on any atom is -0.507 e. The van der Waals surface area contributed by atoms with Gasteiger partial charge in [0.2, 0.25) is 0 Å². The topological polar surface area (TPSA) is 72.8 Å². The maximum absolute atomic E-state index is 11.5. The normalized spacial score (nSPS) is 17.6. The van der Waals surface area contributed by atoms with Gasteiger partial charge in [0.15, 0.2) is 11.9 Å². The van der Waals surface area contributed by atoms with Crippen LogP contribution in [0.15, 0.2) is 12.1 Å². The highest BCUT2D eigenvalue weighted by Gasteiger charge is 2.30. The fourth-order valence-corrected chi connectivity index (χ4v) is 2.07. The number of hydrogen-bond donors (Lipinski definition) is 1. The van der Waals surface area contributed by atoms with Crippen LogP contribution in [0, 0.1) is 0 Å². The number of carbonyl (C=O) groups is 2. The second-order valence-corrected chi connectivity index (χ2v) is 4.17. The van der Waals surface area contributed by atoms with E-state index in [4.69, 9.17) is 4.74 Å². The van der Waals surface area contributed by atoms with E-state index in [0.717, 1.165) is 5.56 Å². The predicted octanol–water partition coefficient (Wildman–Crippen LogP) is 1.46. The van der Waals surface area contributed by atoms with Crippen LogP contribution >= 0.6 is 0 Å². The first-order chi connectivity index (χ1) is 8.54. The average molecular weight is 250 g/mol. The van der Waals surface area contributed by atoms with E-state index >= 15 is 0 Å². The molecule has 96 valence electrons. The minimum atomic E-state index is -0.720. The number of aromatic hydroxyl groups is 1. The van der Waals surface area contributed by atoms with Gasteiger partial charge in [-0.1, -0.05) is 6.07 Å². The van der Waals surface area contributed by atoms with E-state index < -0.39 is 12.1 Å². The third kappa shape index (κ3) is 2.03. The van der Waals surface area contributed by atoms with Crippen molar-refractivity contribution in [2.75, 3.05) is 7.11 Å².